The highest BCUT2D eigenvalue weighted by Crippen LogP contribution is 2.11. The van der Waals surface area contributed by atoms with Gasteiger partial charge in [0.2, 0.25) is 11.9 Å². The molecule has 0 aliphatic rings. The molecule has 0 aliphatic carbocycles. The van der Waals surface area contributed by atoms with E-state index >= 15 is 0 Å². The molecule has 0 atom stereocenters. The highest BCUT2D eigenvalue weighted by Gasteiger charge is 2.11. The number of nitrogens with two attached hydrogens (primary N) is 1. The highest BCUT2D eigenvalue weighted by atomic mass is 15.4. The lowest BCUT2D eigenvalue weighted by Gasteiger charge is -2.20. The van der Waals surface area contributed by atoms with E-state index in [-0.39, 0.29) is 5.95 Å². The molecule has 8 nitrogen and oxygen atoms in total. The summed E-state index contributed by atoms with van der Waals surface area (Å²) >= 11 is 0. The Hall–Kier alpha value is -2.25. The van der Waals surface area contributed by atoms with Crippen molar-refractivity contribution in [2.24, 2.45) is 0 Å². The zero-order valence-electron chi connectivity index (χ0n) is 10.5. The number of rotatable bonds is 5. The minimum Gasteiger partial charge on any atom is -0.368 e. The van der Waals surface area contributed by atoms with Gasteiger partial charge in [0, 0.05) is 13.1 Å². The molecular formula is C10H16N8. The van der Waals surface area contributed by atoms with E-state index in [1.54, 1.807) is 0 Å². The molecule has 2 N–H and O–H groups in total. The lowest BCUT2D eigenvalue weighted by molar-refractivity contribution is 0.736. The summed E-state index contributed by atoms with van der Waals surface area (Å²) in [6.45, 7) is 5.83. The molecule has 2 rings (SSSR count). The Morgan fingerprint density at radius 1 is 1.28 bits per heavy atom. The van der Waals surface area contributed by atoms with Crippen LogP contribution in [0.2, 0.25) is 0 Å². The van der Waals surface area contributed by atoms with Crippen molar-refractivity contribution in [1.29, 1.82) is 0 Å². The molecule has 0 fully saturated rings. The Balaban J connectivity index is 2.37. The summed E-state index contributed by atoms with van der Waals surface area (Å²) in [5, 5.41) is 3.98. The van der Waals surface area contributed by atoms with E-state index in [1.165, 1.54) is 17.3 Å². The second-order valence-corrected chi connectivity index (χ2v) is 3.71. The average molecular weight is 248 g/mol. The van der Waals surface area contributed by atoms with Crippen molar-refractivity contribution in [2.75, 3.05) is 23.7 Å². The second-order valence-electron chi connectivity index (χ2n) is 3.71. The molecule has 0 spiro atoms. The summed E-state index contributed by atoms with van der Waals surface area (Å²) in [6.07, 6.45) is 3.95. The molecule has 0 aromatic carbocycles. The van der Waals surface area contributed by atoms with Crippen molar-refractivity contribution >= 4 is 11.9 Å². The topological polar surface area (TPSA) is 98.6 Å². The Bertz CT molecular complexity index is 495. The standard InChI is InChI=1S/C10H16N8/c1-3-5-17(4-2)9-14-8(11)15-10(16-9)18-7-12-6-13-18/h6-7H,3-5H2,1-2H3,(H2,11,14,15,16). The molecular weight excluding hydrogens is 232 g/mol. The van der Waals surface area contributed by atoms with Gasteiger partial charge in [0.25, 0.3) is 5.95 Å². The molecule has 8 heteroatoms. The normalized spacial score (nSPS) is 10.6. The van der Waals surface area contributed by atoms with Crippen LogP contribution in [-0.4, -0.2) is 42.8 Å². The lowest BCUT2D eigenvalue weighted by atomic mass is 10.4. The van der Waals surface area contributed by atoms with Crippen LogP contribution in [0.5, 0.6) is 0 Å². The van der Waals surface area contributed by atoms with Gasteiger partial charge in [0.15, 0.2) is 0 Å². The number of nitrogens with zero attached hydrogens (tertiary/aromatic N) is 7. The van der Waals surface area contributed by atoms with E-state index in [1.807, 2.05) is 11.8 Å². The first-order valence-corrected chi connectivity index (χ1v) is 5.86. The van der Waals surface area contributed by atoms with Gasteiger partial charge in [-0.1, -0.05) is 6.92 Å². The zero-order valence-corrected chi connectivity index (χ0v) is 10.5. The van der Waals surface area contributed by atoms with E-state index in [2.05, 4.69) is 32.0 Å². The van der Waals surface area contributed by atoms with Crippen LogP contribution >= 0.6 is 0 Å². The van der Waals surface area contributed by atoms with E-state index in [0.29, 0.717) is 11.9 Å². The van der Waals surface area contributed by atoms with Crippen LogP contribution in [0.25, 0.3) is 5.95 Å². The van der Waals surface area contributed by atoms with Gasteiger partial charge in [-0.15, -0.1) is 0 Å². The van der Waals surface area contributed by atoms with Gasteiger partial charge in [0.05, 0.1) is 0 Å². The predicted octanol–water partition coefficient (Wildman–Crippen LogP) is 0.271. The van der Waals surface area contributed by atoms with Crippen molar-refractivity contribution in [2.45, 2.75) is 20.3 Å². The fraction of sp³-hybridized carbons (Fsp3) is 0.500. The molecule has 0 amide bonds. The van der Waals surface area contributed by atoms with Gasteiger partial charge in [-0.2, -0.15) is 24.7 Å². The maximum atomic E-state index is 5.70. The Morgan fingerprint density at radius 3 is 2.72 bits per heavy atom. The molecule has 96 valence electrons. The first-order valence-electron chi connectivity index (χ1n) is 5.86. The van der Waals surface area contributed by atoms with Crippen molar-refractivity contribution < 1.29 is 0 Å². The summed E-state index contributed by atoms with van der Waals surface area (Å²) in [7, 11) is 0. The van der Waals surface area contributed by atoms with Crippen molar-refractivity contribution in [1.82, 2.24) is 29.7 Å². The quantitative estimate of drug-likeness (QED) is 0.810. The summed E-state index contributed by atoms with van der Waals surface area (Å²) < 4.78 is 1.46. The van der Waals surface area contributed by atoms with Crippen LogP contribution in [0.1, 0.15) is 20.3 Å². The smallest absolute Gasteiger partial charge is 0.258 e. The van der Waals surface area contributed by atoms with Crippen LogP contribution in [0.15, 0.2) is 12.7 Å². The van der Waals surface area contributed by atoms with Gasteiger partial charge >= 0.3 is 0 Å². The minimum absolute atomic E-state index is 0.181. The van der Waals surface area contributed by atoms with Gasteiger partial charge in [-0.05, 0) is 13.3 Å². The van der Waals surface area contributed by atoms with E-state index in [9.17, 15) is 0 Å². The van der Waals surface area contributed by atoms with Crippen molar-refractivity contribution in [3.05, 3.63) is 12.7 Å². The molecule has 0 saturated carbocycles. The van der Waals surface area contributed by atoms with Crippen LogP contribution in [-0.2, 0) is 0 Å². The van der Waals surface area contributed by atoms with Crippen LogP contribution in [0.4, 0.5) is 11.9 Å². The number of aromatic nitrogens is 6. The monoisotopic (exact) mass is 248 g/mol. The third kappa shape index (κ3) is 2.53. The maximum Gasteiger partial charge on any atom is 0.258 e. The largest absolute Gasteiger partial charge is 0.368 e. The Kier molecular flexibility index (Phi) is 3.66. The third-order valence-corrected chi connectivity index (χ3v) is 2.41. The number of anilines is 2. The van der Waals surface area contributed by atoms with E-state index in [4.69, 9.17) is 5.73 Å². The molecule has 0 saturated heterocycles. The highest BCUT2D eigenvalue weighted by molar-refractivity contribution is 5.37. The first-order chi connectivity index (χ1) is 8.74. The Morgan fingerprint density at radius 2 is 2.11 bits per heavy atom. The predicted molar refractivity (Wildman–Crippen MR) is 67.3 cm³/mol. The number of hydrogen-bond donors (Lipinski definition) is 1. The molecule has 18 heavy (non-hydrogen) atoms. The summed E-state index contributed by atoms with van der Waals surface area (Å²) in [5.74, 6) is 1.13. The summed E-state index contributed by atoms with van der Waals surface area (Å²) in [5.41, 5.74) is 5.70. The molecule has 2 heterocycles. The fourth-order valence-electron chi connectivity index (χ4n) is 1.59. The van der Waals surface area contributed by atoms with Gasteiger partial charge in [-0.3, -0.25) is 0 Å². The maximum absolute atomic E-state index is 5.70. The van der Waals surface area contributed by atoms with E-state index in [0.717, 1.165) is 19.5 Å². The third-order valence-electron chi connectivity index (χ3n) is 2.41. The van der Waals surface area contributed by atoms with Gasteiger partial charge in [-0.25, -0.2) is 4.98 Å². The lowest BCUT2D eigenvalue weighted by Crippen LogP contribution is -2.26. The minimum atomic E-state index is 0.181. The first kappa shape index (κ1) is 12.2. The fourth-order valence-corrected chi connectivity index (χ4v) is 1.59. The van der Waals surface area contributed by atoms with Crippen molar-refractivity contribution in [3.8, 4) is 5.95 Å². The summed E-state index contributed by atoms with van der Waals surface area (Å²) in [6, 6.07) is 0. The van der Waals surface area contributed by atoms with Crippen LogP contribution in [0.3, 0.4) is 0 Å². The number of hydrogen-bond acceptors (Lipinski definition) is 7. The van der Waals surface area contributed by atoms with Crippen molar-refractivity contribution in [3.63, 3.8) is 0 Å². The van der Waals surface area contributed by atoms with Crippen LogP contribution in [0, 0.1) is 0 Å². The Labute approximate surface area is 105 Å². The molecule has 2 aromatic heterocycles. The van der Waals surface area contributed by atoms with Crippen LogP contribution < -0.4 is 10.6 Å². The SMILES string of the molecule is CCCN(CC)c1nc(N)nc(-n2cncn2)n1. The van der Waals surface area contributed by atoms with E-state index < -0.39 is 0 Å². The molecule has 0 bridgehead atoms. The van der Waals surface area contributed by atoms with Gasteiger partial charge in [0.1, 0.15) is 12.7 Å². The molecule has 2 aromatic rings. The second kappa shape index (κ2) is 5.39. The zero-order chi connectivity index (χ0) is 13.0. The van der Waals surface area contributed by atoms with Gasteiger partial charge < -0.3 is 10.6 Å². The molecule has 0 unspecified atom stereocenters. The average Bonchev–Trinajstić information content (AvgIpc) is 2.89. The summed E-state index contributed by atoms with van der Waals surface area (Å²) in [4.78, 5) is 18.4. The molecule has 0 aliphatic heterocycles. The molecule has 0 radical (unpaired) electrons. The number of nitrogen functional groups attached to an aromatic ring is 1.